The second-order valence-corrected chi connectivity index (χ2v) is 6.57. The van der Waals surface area contributed by atoms with Crippen LogP contribution in [0.5, 0.6) is 0 Å². The van der Waals surface area contributed by atoms with Crippen LogP contribution in [0.4, 0.5) is 0 Å². The van der Waals surface area contributed by atoms with Crippen LogP contribution in [0.1, 0.15) is 25.1 Å². The minimum Gasteiger partial charge on any atom is -0.325 e. The summed E-state index contributed by atoms with van der Waals surface area (Å²) in [5.74, 6) is 0.322. The Hall–Kier alpha value is -2.90. The lowest BCUT2D eigenvalue weighted by Gasteiger charge is -2.20. The summed E-state index contributed by atoms with van der Waals surface area (Å²) < 4.78 is 1.79. The predicted molar refractivity (Wildman–Crippen MR) is 101 cm³/mol. The summed E-state index contributed by atoms with van der Waals surface area (Å²) in [5.41, 5.74) is 9.31. The molecular formula is C21H21N3O. The molecule has 3 aromatic rings. The van der Waals surface area contributed by atoms with Gasteiger partial charge in [0.15, 0.2) is 0 Å². The molecule has 0 aliphatic rings. The number of aromatic nitrogens is 1. The van der Waals surface area contributed by atoms with E-state index in [4.69, 9.17) is 5.73 Å². The number of nitrogens with zero attached hydrogens (tertiary/aromatic N) is 2. The lowest BCUT2D eigenvalue weighted by Crippen LogP contribution is -2.28. The molecule has 4 heteroatoms. The van der Waals surface area contributed by atoms with Crippen LogP contribution < -0.4 is 11.3 Å². The average Bonchev–Trinajstić information content (AvgIpc) is 2.63. The van der Waals surface area contributed by atoms with Crippen molar-refractivity contribution in [2.24, 2.45) is 11.7 Å². The van der Waals surface area contributed by atoms with Gasteiger partial charge in [0, 0.05) is 29.7 Å². The third-order valence-corrected chi connectivity index (χ3v) is 4.31. The highest BCUT2D eigenvalue weighted by Gasteiger charge is 2.18. The largest absolute Gasteiger partial charge is 0.325 e. The molecule has 0 fully saturated rings. The zero-order valence-corrected chi connectivity index (χ0v) is 14.5. The number of nitrogens with two attached hydrogens (primary N) is 1. The molecule has 0 aliphatic carbocycles. The Labute approximate surface area is 147 Å². The lowest BCUT2D eigenvalue weighted by atomic mass is 9.95. The average molecular weight is 331 g/mol. The molecule has 1 aromatic heterocycles. The van der Waals surface area contributed by atoms with Gasteiger partial charge in [0.05, 0.1) is 11.6 Å². The molecule has 126 valence electrons. The Balaban J connectivity index is 2.50. The fraction of sp³-hybridized carbons (Fsp3) is 0.238. The van der Waals surface area contributed by atoms with E-state index in [9.17, 15) is 10.1 Å². The second kappa shape index (κ2) is 6.92. The van der Waals surface area contributed by atoms with Crippen molar-refractivity contribution in [3.8, 4) is 17.2 Å². The Morgan fingerprint density at radius 3 is 2.44 bits per heavy atom. The number of hydrogen-bond acceptors (Lipinski definition) is 3. The van der Waals surface area contributed by atoms with Gasteiger partial charge in [-0.3, -0.25) is 4.79 Å². The van der Waals surface area contributed by atoms with Gasteiger partial charge in [-0.15, -0.1) is 0 Å². The molecule has 0 radical (unpaired) electrons. The van der Waals surface area contributed by atoms with E-state index in [-0.39, 0.29) is 12.1 Å². The van der Waals surface area contributed by atoms with E-state index in [1.54, 1.807) is 22.8 Å². The molecule has 3 rings (SSSR count). The molecule has 0 amide bonds. The van der Waals surface area contributed by atoms with Crippen molar-refractivity contribution in [2.45, 2.75) is 26.9 Å². The molecule has 0 saturated heterocycles. The van der Waals surface area contributed by atoms with E-state index in [1.807, 2.05) is 30.3 Å². The minimum absolute atomic E-state index is 0.0479. The predicted octanol–water partition coefficient (Wildman–Crippen LogP) is 3.65. The van der Waals surface area contributed by atoms with Gasteiger partial charge < -0.3 is 10.3 Å². The first-order valence-corrected chi connectivity index (χ1v) is 8.41. The molecular weight excluding hydrogens is 310 g/mol. The molecule has 0 atom stereocenters. The maximum atomic E-state index is 13.1. The van der Waals surface area contributed by atoms with Crippen LogP contribution in [0.3, 0.4) is 0 Å². The van der Waals surface area contributed by atoms with Crippen molar-refractivity contribution in [1.29, 1.82) is 5.26 Å². The minimum atomic E-state index is -0.0479. The van der Waals surface area contributed by atoms with Gasteiger partial charge in [-0.05, 0) is 35.1 Å². The molecule has 0 bridgehead atoms. The van der Waals surface area contributed by atoms with Crippen molar-refractivity contribution in [3.63, 3.8) is 0 Å². The van der Waals surface area contributed by atoms with Crippen LogP contribution in [0, 0.1) is 17.2 Å². The van der Waals surface area contributed by atoms with E-state index in [0.29, 0.717) is 23.4 Å². The molecule has 0 aliphatic heterocycles. The SMILES string of the molecule is CC(C)Cn1c(CN)c(-c2ccccc2)c2cc(C#N)ccc2c1=O. The zero-order valence-electron chi connectivity index (χ0n) is 14.5. The maximum absolute atomic E-state index is 13.1. The molecule has 0 saturated carbocycles. The van der Waals surface area contributed by atoms with Crippen LogP contribution in [0.15, 0.2) is 53.3 Å². The van der Waals surface area contributed by atoms with Crippen LogP contribution in [0.2, 0.25) is 0 Å². The van der Waals surface area contributed by atoms with Gasteiger partial charge >= 0.3 is 0 Å². The first-order valence-electron chi connectivity index (χ1n) is 8.41. The topological polar surface area (TPSA) is 71.8 Å². The van der Waals surface area contributed by atoms with Gasteiger partial charge in [0.2, 0.25) is 0 Å². The summed E-state index contributed by atoms with van der Waals surface area (Å²) in [6.45, 7) is 5.04. The third-order valence-electron chi connectivity index (χ3n) is 4.31. The first kappa shape index (κ1) is 16.9. The first-order chi connectivity index (χ1) is 12.1. The molecule has 0 spiro atoms. The molecule has 25 heavy (non-hydrogen) atoms. The molecule has 2 N–H and O–H groups in total. The van der Waals surface area contributed by atoms with E-state index in [2.05, 4.69) is 19.9 Å². The monoisotopic (exact) mass is 331 g/mol. The van der Waals surface area contributed by atoms with E-state index in [0.717, 1.165) is 22.2 Å². The maximum Gasteiger partial charge on any atom is 0.258 e. The van der Waals surface area contributed by atoms with Crippen molar-refractivity contribution >= 4 is 10.8 Å². The van der Waals surface area contributed by atoms with Gasteiger partial charge in [-0.2, -0.15) is 5.26 Å². The standard InChI is InChI=1S/C21H21N3O/c1-14(2)13-24-19(12-23)20(16-6-4-3-5-7-16)18-10-15(11-22)8-9-17(18)21(24)25/h3-10,14H,12-13,23H2,1-2H3. The number of nitriles is 1. The Morgan fingerprint density at radius 2 is 1.84 bits per heavy atom. The van der Waals surface area contributed by atoms with E-state index in [1.165, 1.54) is 0 Å². The van der Waals surface area contributed by atoms with Gasteiger partial charge in [0.1, 0.15) is 0 Å². The smallest absolute Gasteiger partial charge is 0.258 e. The highest BCUT2D eigenvalue weighted by Crippen LogP contribution is 2.31. The lowest BCUT2D eigenvalue weighted by molar-refractivity contribution is 0.499. The summed E-state index contributed by atoms with van der Waals surface area (Å²) in [4.78, 5) is 13.1. The molecule has 4 nitrogen and oxygen atoms in total. The van der Waals surface area contributed by atoms with Crippen LogP contribution >= 0.6 is 0 Å². The molecule has 1 heterocycles. The van der Waals surface area contributed by atoms with Crippen molar-refractivity contribution in [1.82, 2.24) is 4.57 Å². The van der Waals surface area contributed by atoms with Crippen molar-refractivity contribution < 1.29 is 0 Å². The van der Waals surface area contributed by atoms with E-state index >= 15 is 0 Å². The second-order valence-electron chi connectivity index (χ2n) is 6.57. The number of fused-ring (bicyclic) bond motifs is 1. The quantitative estimate of drug-likeness (QED) is 0.793. The normalized spacial score (nSPS) is 11.0. The van der Waals surface area contributed by atoms with Crippen LogP contribution in [0.25, 0.3) is 21.9 Å². The van der Waals surface area contributed by atoms with Gasteiger partial charge in [-0.1, -0.05) is 44.2 Å². The highest BCUT2D eigenvalue weighted by molar-refractivity contribution is 5.98. The van der Waals surface area contributed by atoms with Crippen molar-refractivity contribution in [2.75, 3.05) is 0 Å². The van der Waals surface area contributed by atoms with Crippen LogP contribution in [-0.2, 0) is 13.1 Å². The van der Waals surface area contributed by atoms with Gasteiger partial charge in [-0.25, -0.2) is 0 Å². The number of pyridine rings is 1. The number of rotatable bonds is 4. The summed E-state index contributed by atoms with van der Waals surface area (Å²) in [6.07, 6.45) is 0. The summed E-state index contributed by atoms with van der Waals surface area (Å²) in [6, 6.07) is 17.3. The summed E-state index contributed by atoms with van der Waals surface area (Å²) in [7, 11) is 0. The number of hydrogen-bond donors (Lipinski definition) is 1. The fourth-order valence-corrected chi connectivity index (χ4v) is 3.26. The summed E-state index contributed by atoms with van der Waals surface area (Å²) >= 11 is 0. The zero-order chi connectivity index (χ0) is 18.0. The van der Waals surface area contributed by atoms with E-state index < -0.39 is 0 Å². The Bertz CT molecular complexity index is 1010. The van der Waals surface area contributed by atoms with Crippen molar-refractivity contribution in [3.05, 3.63) is 70.1 Å². The highest BCUT2D eigenvalue weighted by atomic mass is 16.1. The third kappa shape index (κ3) is 3.07. The van der Waals surface area contributed by atoms with Gasteiger partial charge in [0.25, 0.3) is 5.56 Å². The number of benzene rings is 2. The summed E-state index contributed by atoms with van der Waals surface area (Å²) in [5, 5.41) is 10.7. The Morgan fingerprint density at radius 1 is 1.12 bits per heavy atom. The molecule has 0 unspecified atom stereocenters. The Kier molecular flexibility index (Phi) is 4.69. The molecule has 2 aromatic carbocycles. The fourth-order valence-electron chi connectivity index (χ4n) is 3.26. The van der Waals surface area contributed by atoms with Crippen LogP contribution in [-0.4, -0.2) is 4.57 Å².